The van der Waals surface area contributed by atoms with Crippen LogP contribution in [0.3, 0.4) is 0 Å². The van der Waals surface area contributed by atoms with Crippen LogP contribution >= 0.6 is 0 Å². The van der Waals surface area contributed by atoms with Gasteiger partial charge in [-0.15, -0.1) is 0 Å². The summed E-state index contributed by atoms with van der Waals surface area (Å²) in [4.78, 5) is 4.61. The molecule has 0 spiro atoms. The number of rotatable bonds is 5. The molecule has 0 unspecified atom stereocenters. The molecule has 1 saturated heterocycles. The summed E-state index contributed by atoms with van der Waals surface area (Å²) in [5.41, 5.74) is 0. The Morgan fingerprint density at radius 1 is 1.13 bits per heavy atom. The summed E-state index contributed by atoms with van der Waals surface area (Å²) in [6.45, 7) is 8.39. The Morgan fingerprint density at radius 3 is 2.13 bits per heavy atom. The number of hydrogen-bond acceptors (Lipinski definition) is 5. The Morgan fingerprint density at radius 2 is 1.67 bits per heavy atom. The van der Waals surface area contributed by atoms with E-state index in [1.54, 1.807) is 0 Å². The summed E-state index contributed by atoms with van der Waals surface area (Å²) in [5, 5.41) is 0. The summed E-state index contributed by atoms with van der Waals surface area (Å²) < 4.78 is 24.8. The molecule has 0 atom stereocenters. The van der Waals surface area contributed by atoms with Gasteiger partial charge in [-0.3, -0.25) is 9.08 Å². The number of piperazine rings is 1. The second-order valence-electron chi connectivity index (χ2n) is 3.33. The molecule has 0 N–H and O–H groups in total. The van der Waals surface area contributed by atoms with Crippen LogP contribution in [0.2, 0.25) is 0 Å². The van der Waals surface area contributed by atoms with Gasteiger partial charge in [0, 0.05) is 32.7 Å². The molecule has 0 amide bonds. The van der Waals surface area contributed by atoms with Crippen LogP contribution in [0.25, 0.3) is 0 Å². The maximum atomic E-state index is 10.1. The van der Waals surface area contributed by atoms with Crippen molar-refractivity contribution in [3.63, 3.8) is 0 Å². The van der Waals surface area contributed by atoms with Crippen molar-refractivity contribution in [2.45, 2.75) is 6.92 Å². The van der Waals surface area contributed by atoms with Crippen LogP contribution in [0.4, 0.5) is 0 Å². The van der Waals surface area contributed by atoms with Gasteiger partial charge in [0.05, 0.1) is 6.61 Å². The van der Waals surface area contributed by atoms with Gasteiger partial charge in [0.1, 0.15) is 0 Å². The molecule has 0 radical (unpaired) electrons. The quantitative estimate of drug-likeness (QED) is 0.473. The fourth-order valence-corrected chi connectivity index (χ4v) is 1.80. The second kappa shape index (κ2) is 8.92. The Labute approximate surface area is 115 Å². The van der Waals surface area contributed by atoms with Crippen molar-refractivity contribution in [2.24, 2.45) is 0 Å². The van der Waals surface area contributed by atoms with Crippen LogP contribution in [0.5, 0.6) is 0 Å². The van der Waals surface area contributed by atoms with Crippen LogP contribution in [-0.2, 0) is 15.2 Å². The molecule has 7 heteroatoms. The van der Waals surface area contributed by atoms with Crippen molar-refractivity contribution in [2.75, 3.05) is 45.9 Å². The normalized spacial score (nSPS) is 19.1. The van der Waals surface area contributed by atoms with Crippen molar-refractivity contribution in [1.82, 2.24) is 9.80 Å². The molecule has 1 fully saturated rings. The first-order valence-corrected chi connectivity index (χ1v) is 6.04. The summed E-state index contributed by atoms with van der Waals surface area (Å²) in [7, 11) is -2.68. The third-order valence-electron chi connectivity index (χ3n) is 2.52. The van der Waals surface area contributed by atoms with Crippen molar-refractivity contribution < 1.29 is 12.6 Å². The van der Waals surface area contributed by atoms with Crippen LogP contribution in [0.1, 0.15) is 6.92 Å². The third kappa shape index (κ3) is 6.88. The number of hydrogen-bond donors (Lipinski definition) is 1. The molecule has 1 aliphatic rings. The van der Waals surface area contributed by atoms with Gasteiger partial charge >= 0.3 is 29.6 Å². The van der Waals surface area contributed by atoms with Crippen molar-refractivity contribution >= 4 is 40.5 Å². The van der Waals surface area contributed by atoms with Gasteiger partial charge in [0.2, 0.25) is 0 Å². The van der Waals surface area contributed by atoms with Gasteiger partial charge in [-0.25, -0.2) is 8.42 Å². The zero-order chi connectivity index (χ0) is 10.4. The number of thiol groups is 1. The van der Waals surface area contributed by atoms with E-state index in [-0.39, 0.29) is 36.2 Å². The van der Waals surface area contributed by atoms with Gasteiger partial charge in [-0.2, -0.15) is 0 Å². The van der Waals surface area contributed by atoms with Crippen LogP contribution in [-0.4, -0.2) is 93.7 Å². The second-order valence-corrected chi connectivity index (χ2v) is 4.04. The Bertz CT molecular complexity index is 222. The molecule has 0 aromatic rings. The Hall–Kier alpha value is 0.830. The summed E-state index contributed by atoms with van der Waals surface area (Å²) >= 11 is 0. The molecular formula is C8H19N2NaO3S. The van der Waals surface area contributed by atoms with Crippen molar-refractivity contribution in [3.8, 4) is 0 Å². The molecule has 0 aliphatic carbocycles. The zero-order valence-corrected chi connectivity index (χ0v) is 9.41. The van der Waals surface area contributed by atoms with Crippen LogP contribution < -0.4 is 0 Å². The van der Waals surface area contributed by atoms with E-state index >= 15 is 0 Å². The van der Waals surface area contributed by atoms with E-state index in [1.165, 1.54) is 0 Å². The molecular weight excluding hydrogens is 227 g/mol. The fourth-order valence-electron chi connectivity index (χ4n) is 1.57. The van der Waals surface area contributed by atoms with Crippen molar-refractivity contribution in [1.29, 1.82) is 0 Å². The third-order valence-corrected chi connectivity index (χ3v) is 2.91. The molecule has 0 bridgehead atoms. The SMILES string of the molecule is CCN1CCN(CCO[SH](=O)=O)CC1.[NaH]. The van der Waals surface area contributed by atoms with E-state index < -0.39 is 11.0 Å². The minimum atomic E-state index is -2.68. The Balaban J connectivity index is 0.00000196. The van der Waals surface area contributed by atoms with Crippen molar-refractivity contribution in [3.05, 3.63) is 0 Å². The first-order valence-electron chi connectivity index (χ1n) is 4.94. The van der Waals surface area contributed by atoms with Crippen LogP contribution in [0.15, 0.2) is 0 Å². The zero-order valence-electron chi connectivity index (χ0n) is 8.52. The molecule has 5 nitrogen and oxygen atoms in total. The Kier molecular flexibility index (Phi) is 9.42. The van der Waals surface area contributed by atoms with E-state index in [0.29, 0.717) is 6.54 Å². The first kappa shape index (κ1) is 15.8. The molecule has 0 saturated carbocycles. The molecule has 86 valence electrons. The molecule has 1 rings (SSSR count). The summed E-state index contributed by atoms with van der Waals surface area (Å²) in [5.74, 6) is 0. The molecule has 15 heavy (non-hydrogen) atoms. The number of likely N-dealkylation sites (N-methyl/N-ethyl adjacent to an activating group) is 1. The van der Waals surface area contributed by atoms with E-state index in [2.05, 4.69) is 20.9 Å². The van der Waals surface area contributed by atoms with E-state index in [0.717, 1.165) is 32.7 Å². The predicted molar refractivity (Wildman–Crippen MR) is 62.0 cm³/mol. The van der Waals surface area contributed by atoms with Gasteiger partial charge in [0.15, 0.2) is 0 Å². The van der Waals surface area contributed by atoms with E-state index in [1.807, 2.05) is 0 Å². The fraction of sp³-hybridized carbons (Fsp3) is 1.00. The van der Waals surface area contributed by atoms with Gasteiger partial charge in [-0.05, 0) is 6.54 Å². The predicted octanol–water partition coefficient (Wildman–Crippen LogP) is -1.48. The molecule has 1 aliphatic heterocycles. The molecule has 0 aromatic heterocycles. The molecule has 0 aromatic carbocycles. The van der Waals surface area contributed by atoms with Gasteiger partial charge in [-0.1, -0.05) is 6.92 Å². The van der Waals surface area contributed by atoms with Gasteiger partial charge in [0.25, 0.3) is 11.0 Å². The summed E-state index contributed by atoms with van der Waals surface area (Å²) in [6.07, 6.45) is 0. The average Bonchev–Trinajstić information content (AvgIpc) is 2.18. The molecule has 1 heterocycles. The van der Waals surface area contributed by atoms with Crippen LogP contribution in [0, 0.1) is 0 Å². The average molecular weight is 246 g/mol. The van der Waals surface area contributed by atoms with E-state index in [4.69, 9.17) is 0 Å². The monoisotopic (exact) mass is 246 g/mol. The summed E-state index contributed by atoms with van der Waals surface area (Å²) in [6, 6.07) is 0. The number of nitrogens with zero attached hydrogens (tertiary/aromatic N) is 2. The van der Waals surface area contributed by atoms with Gasteiger partial charge < -0.3 is 4.90 Å². The standard InChI is InChI=1S/C8H18N2O3S.Na.H/c1-2-9-3-5-10(6-4-9)7-8-13-14(11)12;;/h14H,2-8H2,1H3;;. The van der Waals surface area contributed by atoms with E-state index in [9.17, 15) is 8.42 Å². The minimum absolute atomic E-state index is 0. The topological polar surface area (TPSA) is 49.9 Å². The first-order chi connectivity index (χ1) is 6.72. The maximum absolute atomic E-state index is 10.1.